The Morgan fingerprint density at radius 2 is 2.40 bits per heavy atom. The molecule has 3 rings (SSSR count). The summed E-state index contributed by atoms with van der Waals surface area (Å²) < 4.78 is 0. The Morgan fingerprint density at radius 3 is 3.15 bits per heavy atom. The van der Waals surface area contributed by atoms with Crippen LogP contribution in [0.1, 0.15) is 0 Å². The molecule has 104 valence electrons. The van der Waals surface area contributed by atoms with Crippen molar-refractivity contribution >= 4 is 34.7 Å². The minimum atomic E-state index is -0.0998. The molecule has 1 aliphatic heterocycles. The van der Waals surface area contributed by atoms with Crippen molar-refractivity contribution in [2.45, 2.75) is 6.04 Å². The summed E-state index contributed by atoms with van der Waals surface area (Å²) in [6.07, 6.45) is 1.79. The second-order valence-electron chi connectivity index (χ2n) is 4.49. The monoisotopic (exact) mass is 305 g/mol. The molecule has 0 aliphatic carbocycles. The van der Waals surface area contributed by atoms with Gasteiger partial charge < -0.3 is 10.6 Å². The lowest BCUT2D eigenvalue weighted by Crippen LogP contribution is -2.46. The van der Waals surface area contributed by atoms with Crippen LogP contribution in [0.2, 0.25) is 0 Å². The van der Waals surface area contributed by atoms with E-state index >= 15 is 0 Å². The summed E-state index contributed by atoms with van der Waals surface area (Å²) >= 11 is 3.40. The van der Waals surface area contributed by atoms with Gasteiger partial charge in [0.05, 0.1) is 6.04 Å². The summed E-state index contributed by atoms with van der Waals surface area (Å²) in [7, 11) is 0. The molecule has 2 N–H and O–H groups in total. The molecule has 2 heterocycles. The van der Waals surface area contributed by atoms with Crippen LogP contribution >= 0.6 is 23.1 Å². The number of nitrogens with one attached hydrogen (secondary N) is 2. The SMILES string of the molecule is O=C(Nc1cccc(-c2nccs2)c1)C1CSCCN1. The van der Waals surface area contributed by atoms with Crippen molar-refractivity contribution in [3.05, 3.63) is 35.8 Å². The number of aromatic nitrogens is 1. The molecule has 0 spiro atoms. The summed E-state index contributed by atoms with van der Waals surface area (Å²) in [5, 5.41) is 9.13. The predicted molar refractivity (Wildman–Crippen MR) is 85.3 cm³/mol. The van der Waals surface area contributed by atoms with E-state index in [-0.39, 0.29) is 11.9 Å². The van der Waals surface area contributed by atoms with Crippen LogP contribution in [0.25, 0.3) is 10.6 Å². The van der Waals surface area contributed by atoms with Gasteiger partial charge in [0.2, 0.25) is 5.91 Å². The topological polar surface area (TPSA) is 54.0 Å². The summed E-state index contributed by atoms with van der Waals surface area (Å²) in [6, 6.07) is 7.72. The summed E-state index contributed by atoms with van der Waals surface area (Å²) in [5.41, 5.74) is 1.85. The summed E-state index contributed by atoms with van der Waals surface area (Å²) in [6.45, 7) is 0.891. The molecule has 0 bridgehead atoms. The first-order chi connectivity index (χ1) is 9.83. The number of carbonyl (C=O) groups excluding carboxylic acids is 1. The lowest BCUT2D eigenvalue weighted by Gasteiger charge is -2.22. The van der Waals surface area contributed by atoms with Gasteiger partial charge in [-0.1, -0.05) is 12.1 Å². The normalized spacial score (nSPS) is 18.7. The van der Waals surface area contributed by atoms with Crippen LogP contribution in [-0.2, 0) is 4.79 Å². The largest absolute Gasteiger partial charge is 0.325 e. The fraction of sp³-hybridized carbons (Fsp3) is 0.286. The first-order valence-electron chi connectivity index (χ1n) is 6.45. The van der Waals surface area contributed by atoms with Crippen LogP contribution in [-0.4, -0.2) is 35.0 Å². The Morgan fingerprint density at radius 1 is 1.45 bits per heavy atom. The predicted octanol–water partition coefficient (Wildman–Crippen LogP) is 2.45. The van der Waals surface area contributed by atoms with Crippen LogP contribution in [0.5, 0.6) is 0 Å². The highest BCUT2D eigenvalue weighted by Crippen LogP contribution is 2.24. The van der Waals surface area contributed by atoms with E-state index in [1.807, 2.05) is 41.4 Å². The van der Waals surface area contributed by atoms with E-state index in [0.717, 1.165) is 34.3 Å². The smallest absolute Gasteiger partial charge is 0.242 e. The second-order valence-corrected chi connectivity index (χ2v) is 6.53. The van der Waals surface area contributed by atoms with Gasteiger partial charge in [0.1, 0.15) is 5.01 Å². The van der Waals surface area contributed by atoms with Gasteiger partial charge in [0, 0.05) is 40.9 Å². The lowest BCUT2D eigenvalue weighted by atomic mass is 10.2. The Labute approximate surface area is 126 Å². The Kier molecular flexibility index (Phi) is 4.34. The molecule has 1 fully saturated rings. The van der Waals surface area contributed by atoms with Gasteiger partial charge in [0.15, 0.2) is 0 Å². The Hall–Kier alpha value is -1.37. The van der Waals surface area contributed by atoms with Crippen molar-refractivity contribution in [3.8, 4) is 10.6 Å². The Bertz CT molecular complexity index is 580. The zero-order valence-electron chi connectivity index (χ0n) is 10.8. The molecule has 1 unspecified atom stereocenters. The third-order valence-electron chi connectivity index (χ3n) is 3.05. The van der Waals surface area contributed by atoms with Crippen molar-refractivity contribution in [1.82, 2.24) is 10.3 Å². The number of hydrogen-bond acceptors (Lipinski definition) is 5. The van der Waals surface area contributed by atoms with Crippen LogP contribution in [0, 0.1) is 0 Å². The quantitative estimate of drug-likeness (QED) is 0.914. The molecule has 1 atom stereocenters. The number of nitrogens with zero attached hydrogens (tertiary/aromatic N) is 1. The average molecular weight is 305 g/mol. The minimum Gasteiger partial charge on any atom is -0.325 e. The summed E-state index contributed by atoms with van der Waals surface area (Å²) in [5.74, 6) is 1.94. The first-order valence-corrected chi connectivity index (χ1v) is 8.48. The maximum atomic E-state index is 12.2. The van der Waals surface area contributed by atoms with Crippen molar-refractivity contribution in [2.75, 3.05) is 23.4 Å². The van der Waals surface area contributed by atoms with Crippen LogP contribution in [0.4, 0.5) is 5.69 Å². The lowest BCUT2D eigenvalue weighted by molar-refractivity contribution is -0.117. The van der Waals surface area contributed by atoms with Gasteiger partial charge in [0.25, 0.3) is 0 Å². The average Bonchev–Trinajstić information content (AvgIpc) is 3.03. The highest BCUT2D eigenvalue weighted by molar-refractivity contribution is 7.99. The van der Waals surface area contributed by atoms with Crippen molar-refractivity contribution < 1.29 is 4.79 Å². The van der Waals surface area contributed by atoms with Crippen LogP contribution in [0.15, 0.2) is 35.8 Å². The minimum absolute atomic E-state index is 0.0356. The van der Waals surface area contributed by atoms with Crippen molar-refractivity contribution in [2.24, 2.45) is 0 Å². The fourth-order valence-electron chi connectivity index (χ4n) is 2.06. The van der Waals surface area contributed by atoms with E-state index in [4.69, 9.17) is 0 Å². The van der Waals surface area contributed by atoms with Crippen LogP contribution in [0.3, 0.4) is 0 Å². The number of rotatable bonds is 3. The molecule has 1 aliphatic rings. The molecule has 2 aromatic rings. The number of benzene rings is 1. The van der Waals surface area contributed by atoms with E-state index in [0.29, 0.717) is 0 Å². The van der Waals surface area contributed by atoms with Crippen molar-refractivity contribution in [3.63, 3.8) is 0 Å². The number of hydrogen-bond donors (Lipinski definition) is 2. The molecule has 0 radical (unpaired) electrons. The van der Waals surface area contributed by atoms with Gasteiger partial charge in [-0.2, -0.15) is 11.8 Å². The molecule has 4 nitrogen and oxygen atoms in total. The zero-order valence-corrected chi connectivity index (χ0v) is 12.5. The van der Waals surface area contributed by atoms with Gasteiger partial charge in [-0.3, -0.25) is 4.79 Å². The molecular formula is C14H15N3OS2. The molecular weight excluding hydrogens is 290 g/mol. The molecule has 1 aromatic carbocycles. The third-order valence-corrected chi connectivity index (χ3v) is 4.93. The van der Waals surface area contributed by atoms with E-state index < -0.39 is 0 Å². The van der Waals surface area contributed by atoms with E-state index in [1.54, 1.807) is 17.5 Å². The number of anilines is 1. The second kappa shape index (κ2) is 6.39. The number of carbonyl (C=O) groups is 1. The number of amides is 1. The molecule has 6 heteroatoms. The van der Waals surface area contributed by atoms with Crippen molar-refractivity contribution in [1.29, 1.82) is 0 Å². The highest BCUT2D eigenvalue weighted by atomic mass is 32.2. The van der Waals surface area contributed by atoms with E-state index in [2.05, 4.69) is 15.6 Å². The molecule has 0 saturated carbocycles. The van der Waals surface area contributed by atoms with Gasteiger partial charge in [-0.05, 0) is 12.1 Å². The molecule has 1 amide bonds. The van der Waals surface area contributed by atoms with Gasteiger partial charge in [-0.25, -0.2) is 4.98 Å². The van der Waals surface area contributed by atoms with E-state index in [9.17, 15) is 4.79 Å². The molecule has 1 aromatic heterocycles. The van der Waals surface area contributed by atoms with Gasteiger partial charge in [-0.15, -0.1) is 11.3 Å². The fourth-order valence-corrected chi connectivity index (χ4v) is 3.63. The zero-order chi connectivity index (χ0) is 13.8. The number of thioether (sulfide) groups is 1. The molecule has 1 saturated heterocycles. The highest BCUT2D eigenvalue weighted by Gasteiger charge is 2.20. The summed E-state index contributed by atoms with van der Waals surface area (Å²) in [4.78, 5) is 16.5. The number of thiazole rings is 1. The molecule has 20 heavy (non-hydrogen) atoms. The van der Waals surface area contributed by atoms with E-state index in [1.165, 1.54) is 0 Å². The van der Waals surface area contributed by atoms with Crippen LogP contribution < -0.4 is 10.6 Å². The van der Waals surface area contributed by atoms with Gasteiger partial charge >= 0.3 is 0 Å². The standard InChI is InChI=1S/C14H15N3OS2/c18-13(12-9-19-6-4-15-12)17-11-3-1-2-10(8-11)14-16-5-7-20-14/h1-3,5,7-8,12,15H,4,6,9H2,(H,17,18). The third kappa shape index (κ3) is 3.20. The Balaban J connectivity index is 1.71. The first kappa shape index (κ1) is 13.6. The maximum Gasteiger partial charge on any atom is 0.242 e. The maximum absolute atomic E-state index is 12.2.